The molecule has 3 rings (SSSR count). The van der Waals surface area contributed by atoms with E-state index in [0.29, 0.717) is 0 Å². The first-order chi connectivity index (χ1) is 10.1. The second-order valence-electron chi connectivity index (χ2n) is 4.97. The third-order valence-electron chi connectivity index (χ3n) is 2.81. The fraction of sp³-hybridized carbons (Fsp3) is 0.143. The van der Waals surface area contributed by atoms with Crippen LogP contribution in [-0.4, -0.2) is 0 Å². The molecule has 0 fully saturated rings. The Morgan fingerprint density at radius 1 is 0.773 bits per heavy atom. The zero-order chi connectivity index (χ0) is 15.5. The van der Waals surface area contributed by atoms with Gasteiger partial charge in [-0.1, -0.05) is 32.4 Å². The Kier molecular flexibility index (Phi) is 11.1. The summed E-state index contributed by atoms with van der Waals surface area (Å²) in [5, 5.41) is 0. The van der Waals surface area contributed by atoms with Gasteiger partial charge in [-0.05, 0) is 0 Å². The largest absolute Gasteiger partial charge is 3.00 e. The summed E-state index contributed by atoms with van der Waals surface area (Å²) in [7, 11) is 0. The first kappa shape index (κ1) is 20.4. The average Bonchev–Trinajstić information content (AvgIpc) is 2.85. The van der Waals surface area contributed by atoms with Gasteiger partial charge in [-0.2, -0.15) is 54.8 Å². The molecule has 0 atom stereocenters. The minimum Gasteiger partial charge on any atom is -0.250 e. The summed E-state index contributed by atoms with van der Waals surface area (Å²) in [5.74, 6) is 0. The van der Waals surface area contributed by atoms with E-state index in [0.717, 1.165) is 17.5 Å². The van der Waals surface area contributed by atoms with Crippen LogP contribution in [0, 0.1) is 19.9 Å². The van der Waals surface area contributed by atoms with Crippen LogP contribution in [-0.2, 0) is 21.7 Å². The van der Waals surface area contributed by atoms with Gasteiger partial charge in [0.1, 0.15) is 0 Å². The van der Waals surface area contributed by atoms with E-state index in [9.17, 15) is 0 Å². The Bertz CT molecular complexity index is 528. The van der Waals surface area contributed by atoms with Gasteiger partial charge in [-0.25, -0.2) is 11.6 Å². The van der Waals surface area contributed by atoms with Crippen LogP contribution in [0.2, 0.25) is 0 Å². The Labute approximate surface area is 150 Å². The van der Waals surface area contributed by atoms with Gasteiger partial charge >= 0.3 is 21.7 Å². The van der Waals surface area contributed by atoms with Crippen molar-refractivity contribution in [3.63, 3.8) is 0 Å². The van der Waals surface area contributed by atoms with Crippen LogP contribution in [0.4, 0.5) is 0 Å². The van der Waals surface area contributed by atoms with Gasteiger partial charge in [-0.15, -0.1) is 24.3 Å². The second kappa shape index (κ2) is 12.0. The normalized spacial score (nSPS) is 11.5. The van der Waals surface area contributed by atoms with E-state index >= 15 is 0 Å². The quantitative estimate of drug-likeness (QED) is 0.423. The van der Waals surface area contributed by atoms with Crippen molar-refractivity contribution in [3.05, 3.63) is 109 Å². The zero-order valence-electron chi connectivity index (χ0n) is 13.5. The zero-order valence-corrected chi connectivity index (χ0v) is 15.0. The van der Waals surface area contributed by atoms with Crippen LogP contribution in [0.1, 0.15) is 31.4 Å². The van der Waals surface area contributed by atoms with Crippen LogP contribution in [0.25, 0.3) is 0 Å². The molecule has 0 heterocycles. The first-order valence-electron chi connectivity index (χ1n) is 7.08. The van der Waals surface area contributed by atoms with Crippen LogP contribution in [0.3, 0.4) is 0 Å². The fourth-order valence-electron chi connectivity index (χ4n) is 1.70. The van der Waals surface area contributed by atoms with E-state index in [-0.39, 0.29) is 21.7 Å². The molecule has 2 aromatic carbocycles. The molecule has 2 aromatic rings. The van der Waals surface area contributed by atoms with Gasteiger partial charge in [0.2, 0.25) is 0 Å². The smallest absolute Gasteiger partial charge is 0.250 e. The molecule has 1 heteroatoms. The number of hydrogen-bond acceptors (Lipinski definition) is 0. The summed E-state index contributed by atoms with van der Waals surface area (Å²) in [5.41, 5.74) is 4.79. The van der Waals surface area contributed by atoms with Crippen molar-refractivity contribution < 1.29 is 21.7 Å². The molecule has 111 valence electrons. The summed E-state index contributed by atoms with van der Waals surface area (Å²) < 4.78 is 0. The SMILES string of the molecule is CC1=[C-]C(C)=CC1.[CH2-]c1ccccc1.[CH2-]c1ccccc1.[Ti+3]. The topological polar surface area (TPSA) is 0 Å². The molecular weight excluding hydrogens is 300 g/mol. The van der Waals surface area contributed by atoms with E-state index in [2.05, 4.69) is 39.8 Å². The summed E-state index contributed by atoms with van der Waals surface area (Å²) >= 11 is 0. The molecule has 0 bridgehead atoms. The molecule has 1 radical (unpaired) electrons. The number of hydrogen-bond donors (Lipinski definition) is 0. The van der Waals surface area contributed by atoms with Gasteiger partial charge in [0, 0.05) is 0 Å². The van der Waals surface area contributed by atoms with Crippen LogP contribution in [0.5, 0.6) is 0 Å². The van der Waals surface area contributed by atoms with Crippen molar-refractivity contribution in [2.75, 3.05) is 0 Å². The maximum Gasteiger partial charge on any atom is 3.00 e. The predicted octanol–water partition coefficient (Wildman–Crippen LogP) is 5.82. The molecule has 1 aliphatic carbocycles. The molecule has 22 heavy (non-hydrogen) atoms. The molecule has 0 saturated heterocycles. The maximum absolute atomic E-state index is 3.72. The summed E-state index contributed by atoms with van der Waals surface area (Å²) in [6.45, 7) is 11.6. The fourth-order valence-corrected chi connectivity index (χ4v) is 1.70. The third kappa shape index (κ3) is 10.2. The molecule has 1 aliphatic rings. The van der Waals surface area contributed by atoms with Crippen molar-refractivity contribution in [1.82, 2.24) is 0 Å². The van der Waals surface area contributed by atoms with E-state index < -0.39 is 0 Å². The number of allylic oxidation sites excluding steroid dienone is 4. The summed E-state index contributed by atoms with van der Waals surface area (Å²) in [4.78, 5) is 0. The molecule has 0 aliphatic heterocycles. The second-order valence-corrected chi connectivity index (χ2v) is 4.97. The van der Waals surface area contributed by atoms with E-state index in [4.69, 9.17) is 0 Å². The van der Waals surface area contributed by atoms with Crippen molar-refractivity contribution in [3.8, 4) is 0 Å². The van der Waals surface area contributed by atoms with E-state index in [1.165, 1.54) is 11.1 Å². The Balaban J connectivity index is 0.000000294. The van der Waals surface area contributed by atoms with Crippen molar-refractivity contribution in [1.29, 1.82) is 0 Å². The van der Waals surface area contributed by atoms with Crippen LogP contribution in [0.15, 0.2) is 77.9 Å². The Morgan fingerprint density at radius 2 is 1.18 bits per heavy atom. The number of benzene rings is 2. The Morgan fingerprint density at radius 3 is 1.32 bits per heavy atom. The average molecular weight is 323 g/mol. The number of rotatable bonds is 0. The summed E-state index contributed by atoms with van der Waals surface area (Å²) in [6, 6.07) is 19.7. The minimum absolute atomic E-state index is 0. The molecule has 0 nitrogen and oxygen atoms in total. The monoisotopic (exact) mass is 323 g/mol. The molecule has 0 unspecified atom stereocenters. The van der Waals surface area contributed by atoms with Crippen LogP contribution < -0.4 is 0 Å². The Hall–Kier alpha value is -1.63. The van der Waals surface area contributed by atoms with E-state index in [1.54, 1.807) is 0 Å². The van der Waals surface area contributed by atoms with Crippen molar-refractivity contribution >= 4 is 0 Å². The van der Waals surface area contributed by atoms with Gasteiger partial charge < -0.3 is 0 Å². The van der Waals surface area contributed by atoms with Crippen molar-refractivity contribution in [2.24, 2.45) is 0 Å². The van der Waals surface area contributed by atoms with Crippen LogP contribution >= 0.6 is 0 Å². The van der Waals surface area contributed by atoms with Gasteiger partial charge in [-0.3, -0.25) is 6.08 Å². The molecular formula is C21H23Ti. The minimum atomic E-state index is 0. The summed E-state index contributed by atoms with van der Waals surface area (Å²) in [6.07, 6.45) is 6.50. The van der Waals surface area contributed by atoms with Gasteiger partial charge in [0.25, 0.3) is 0 Å². The van der Waals surface area contributed by atoms with Gasteiger partial charge in [0.15, 0.2) is 0 Å². The molecule has 0 amide bonds. The molecule has 0 saturated carbocycles. The molecule has 0 spiro atoms. The first-order valence-corrected chi connectivity index (χ1v) is 7.08. The third-order valence-corrected chi connectivity index (χ3v) is 2.81. The maximum atomic E-state index is 3.72. The predicted molar refractivity (Wildman–Crippen MR) is 92.6 cm³/mol. The molecule has 0 aromatic heterocycles. The standard InChI is InChI=1S/C7H9.2C7H7.Ti/c1-6-3-4-7(2)5-6;2*1-7-5-3-2-4-6-7;/h3H,4H2,1-2H3;2*2-6H,1H2;/q3*-1;+3. The van der Waals surface area contributed by atoms with Crippen molar-refractivity contribution in [2.45, 2.75) is 20.3 Å². The van der Waals surface area contributed by atoms with Gasteiger partial charge in [0.05, 0.1) is 0 Å². The van der Waals surface area contributed by atoms with E-state index in [1.807, 2.05) is 60.7 Å². The molecule has 0 N–H and O–H groups in total.